The molecule has 1 aliphatic carbocycles. The van der Waals surface area contributed by atoms with Crippen LogP contribution in [-0.2, 0) is 0 Å². The van der Waals surface area contributed by atoms with Crippen LogP contribution in [-0.4, -0.2) is 27.0 Å². The smallest absolute Gasteiger partial charge is 0.273 e. The Morgan fingerprint density at radius 3 is 2.48 bits per heavy atom. The molecular weight excluding hydrogens is 382 g/mol. The minimum atomic E-state index is -0.204. The van der Waals surface area contributed by atoms with Crippen molar-refractivity contribution in [2.45, 2.75) is 51.1 Å². The molecule has 3 aromatic rings. The number of hydrogen-bond acceptors (Lipinski definition) is 2. The second-order valence-electron chi connectivity index (χ2n) is 8.16. The van der Waals surface area contributed by atoms with Gasteiger partial charge in [-0.05, 0) is 31.4 Å². The molecule has 2 aromatic carbocycles. The molecule has 2 heterocycles. The largest absolute Gasteiger partial charge is 0.323 e. The predicted molar refractivity (Wildman–Crippen MR) is 115 cm³/mol. The fourth-order valence-electron chi connectivity index (χ4n) is 4.83. The van der Waals surface area contributed by atoms with Gasteiger partial charge in [-0.2, -0.15) is 5.10 Å². The summed E-state index contributed by atoms with van der Waals surface area (Å²) in [6.45, 7) is 2.07. The van der Waals surface area contributed by atoms with Crippen LogP contribution in [0.1, 0.15) is 65.3 Å². The number of nitrogens with zero attached hydrogens (tertiary/aromatic N) is 2. The van der Waals surface area contributed by atoms with Gasteiger partial charge in [-0.15, -0.1) is 0 Å². The van der Waals surface area contributed by atoms with Crippen LogP contribution < -0.4 is 0 Å². The van der Waals surface area contributed by atoms with Crippen molar-refractivity contribution >= 4 is 17.5 Å². The van der Waals surface area contributed by atoms with Gasteiger partial charge in [0.15, 0.2) is 0 Å². The topological polar surface area (TPSA) is 49.0 Å². The lowest BCUT2D eigenvalue weighted by Gasteiger charge is -2.36. The maximum absolute atomic E-state index is 13.5. The maximum atomic E-state index is 13.5. The Labute approximate surface area is 175 Å². The van der Waals surface area contributed by atoms with E-state index in [0.29, 0.717) is 10.7 Å². The lowest BCUT2D eigenvalue weighted by atomic mass is 9.91. The summed E-state index contributed by atoms with van der Waals surface area (Å²) in [4.78, 5) is 15.6. The van der Waals surface area contributed by atoms with Crippen molar-refractivity contribution in [2.75, 3.05) is 0 Å². The zero-order valence-corrected chi connectivity index (χ0v) is 17.2. The van der Waals surface area contributed by atoms with Crippen molar-refractivity contribution in [1.82, 2.24) is 15.1 Å². The van der Waals surface area contributed by atoms with E-state index >= 15 is 0 Å². The number of amides is 1. The summed E-state index contributed by atoms with van der Waals surface area (Å²) >= 11 is 6.64. The number of H-pyrrole nitrogens is 1. The molecule has 0 spiro atoms. The van der Waals surface area contributed by atoms with Gasteiger partial charge in [0.2, 0.25) is 0 Å². The summed E-state index contributed by atoms with van der Waals surface area (Å²) in [6, 6.07) is 16.2. The summed E-state index contributed by atoms with van der Waals surface area (Å²) in [5.41, 5.74) is 5.60. The highest BCUT2D eigenvalue weighted by Gasteiger charge is 2.45. The third-order valence-electron chi connectivity index (χ3n) is 6.30. The van der Waals surface area contributed by atoms with Crippen molar-refractivity contribution in [3.05, 3.63) is 75.9 Å². The molecule has 148 valence electrons. The third kappa shape index (κ3) is 3.06. The number of nitrogens with one attached hydrogen (secondary N) is 1. The Bertz CT molecular complexity index is 1050. The molecule has 1 atom stereocenters. The number of carbonyl (C=O) groups is 1. The number of benzene rings is 2. The van der Waals surface area contributed by atoms with E-state index < -0.39 is 0 Å². The standard InChI is InChI=1S/C24H24ClN3O/c1-15-11-13-16(14-12-15)21-20-22(27-26-21)24(29)28(17-7-3-2-4-8-17)23(20)18-9-5-6-10-19(18)25/h5-6,9-14,17,23H,2-4,7-8H2,1H3,(H,26,27). The van der Waals surface area contributed by atoms with Crippen molar-refractivity contribution in [1.29, 1.82) is 0 Å². The van der Waals surface area contributed by atoms with Crippen LogP contribution in [0.4, 0.5) is 0 Å². The van der Waals surface area contributed by atoms with E-state index in [4.69, 9.17) is 11.6 Å². The van der Waals surface area contributed by atoms with E-state index in [1.54, 1.807) is 0 Å². The molecule has 1 amide bonds. The van der Waals surface area contributed by atoms with Gasteiger partial charge in [-0.1, -0.05) is 78.9 Å². The molecule has 5 heteroatoms. The predicted octanol–water partition coefficient (Wildman–Crippen LogP) is 5.92. The maximum Gasteiger partial charge on any atom is 0.273 e. The van der Waals surface area contributed by atoms with Crippen molar-refractivity contribution < 1.29 is 4.79 Å². The Kier molecular flexibility index (Phi) is 4.67. The highest BCUT2D eigenvalue weighted by molar-refractivity contribution is 6.31. The van der Waals surface area contributed by atoms with Crippen LogP contribution in [0, 0.1) is 6.92 Å². The molecule has 1 fully saturated rings. The number of rotatable bonds is 3. The van der Waals surface area contributed by atoms with E-state index in [1.807, 2.05) is 24.3 Å². The van der Waals surface area contributed by atoms with Gasteiger partial charge in [0.25, 0.3) is 5.91 Å². The van der Waals surface area contributed by atoms with E-state index in [9.17, 15) is 4.79 Å². The third-order valence-corrected chi connectivity index (χ3v) is 6.64. The van der Waals surface area contributed by atoms with Crippen LogP contribution in [0.3, 0.4) is 0 Å². The molecule has 1 saturated carbocycles. The average molecular weight is 406 g/mol. The Morgan fingerprint density at radius 1 is 1.03 bits per heavy atom. The van der Waals surface area contributed by atoms with Crippen LogP contribution in [0.2, 0.25) is 5.02 Å². The molecule has 2 aliphatic rings. The first-order valence-corrected chi connectivity index (χ1v) is 10.8. The fraction of sp³-hybridized carbons (Fsp3) is 0.333. The van der Waals surface area contributed by atoms with E-state index in [-0.39, 0.29) is 18.0 Å². The van der Waals surface area contributed by atoms with Gasteiger partial charge >= 0.3 is 0 Å². The number of fused-ring (bicyclic) bond motifs is 1. The number of aryl methyl sites for hydroxylation is 1. The highest BCUT2D eigenvalue weighted by atomic mass is 35.5. The molecule has 5 rings (SSSR count). The Balaban J connectivity index is 1.68. The summed E-state index contributed by atoms with van der Waals surface area (Å²) in [6.07, 6.45) is 5.67. The number of halogens is 1. The van der Waals surface area contributed by atoms with Crippen LogP contribution in [0.25, 0.3) is 11.3 Å². The monoisotopic (exact) mass is 405 g/mol. The first-order valence-electron chi connectivity index (χ1n) is 10.4. The molecule has 1 aromatic heterocycles. The summed E-state index contributed by atoms with van der Waals surface area (Å²) in [7, 11) is 0. The van der Waals surface area contributed by atoms with Gasteiger partial charge in [-0.3, -0.25) is 9.89 Å². The van der Waals surface area contributed by atoms with Crippen LogP contribution in [0.15, 0.2) is 48.5 Å². The normalized spacial score (nSPS) is 19.6. The van der Waals surface area contributed by atoms with Crippen molar-refractivity contribution in [3.63, 3.8) is 0 Å². The van der Waals surface area contributed by atoms with Crippen LogP contribution >= 0.6 is 11.6 Å². The second-order valence-corrected chi connectivity index (χ2v) is 8.56. The van der Waals surface area contributed by atoms with Crippen molar-refractivity contribution in [2.24, 2.45) is 0 Å². The lowest BCUT2D eigenvalue weighted by molar-refractivity contribution is 0.0606. The van der Waals surface area contributed by atoms with E-state index in [0.717, 1.165) is 35.2 Å². The molecule has 29 heavy (non-hydrogen) atoms. The highest BCUT2D eigenvalue weighted by Crippen LogP contribution is 2.47. The van der Waals surface area contributed by atoms with E-state index in [1.165, 1.54) is 24.8 Å². The second kappa shape index (κ2) is 7.34. The van der Waals surface area contributed by atoms with Crippen LogP contribution in [0.5, 0.6) is 0 Å². The number of aromatic amines is 1. The van der Waals surface area contributed by atoms with Gasteiger partial charge < -0.3 is 4.90 Å². The Hall–Kier alpha value is -2.59. The molecule has 0 radical (unpaired) electrons. The zero-order valence-electron chi connectivity index (χ0n) is 16.5. The Morgan fingerprint density at radius 2 is 1.76 bits per heavy atom. The number of aromatic nitrogens is 2. The lowest BCUT2D eigenvalue weighted by Crippen LogP contribution is -2.40. The summed E-state index contributed by atoms with van der Waals surface area (Å²) in [5, 5.41) is 8.30. The average Bonchev–Trinajstić information content (AvgIpc) is 3.29. The zero-order chi connectivity index (χ0) is 20.0. The number of carbonyl (C=O) groups excluding carboxylic acids is 1. The molecule has 0 saturated heterocycles. The van der Waals surface area contributed by atoms with Gasteiger partial charge in [-0.25, -0.2) is 0 Å². The first kappa shape index (κ1) is 18.4. The minimum Gasteiger partial charge on any atom is -0.323 e. The molecule has 1 N–H and O–H groups in total. The first-order chi connectivity index (χ1) is 14.1. The molecule has 0 bridgehead atoms. The molecule has 1 unspecified atom stereocenters. The summed E-state index contributed by atoms with van der Waals surface area (Å²) < 4.78 is 0. The SMILES string of the molecule is Cc1ccc(-c2n[nH]c3c2C(c2ccccc2Cl)N(C2CCCCC2)C3=O)cc1. The quantitative estimate of drug-likeness (QED) is 0.588. The van der Waals surface area contributed by atoms with Gasteiger partial charge in [0, 0.05) is 22.2 Å². The molecule has 4 nitrogen and oxygen atoms in total. The van der Waals surface area contributed by atoms with Gasteiger partial charge in [0.05, 0.1) is 11.7 Å². The summed E-state index contributed by atoms with van der Waals surface area (Å²) in [5.74, 6) is 0.0441. The minimum absolute atomic E-state index is 0.0441. The van der Waals surface area contributed by atoms with Crippen molar-refractivity contribution in [3.8, 4) is 11.3 Å². The fourth-order valence-corrected chi connectivity index (χ4v) is 5.07. The van der Waals surface area contributed by atoms with Gasteiger partial charge in [0.1, 0.15) is 5.69 Å². The number of hydrogen-bond donors (Lipinski definition) is 1. The molecule has 1 aliphatic heterocycles. The molecular formula is C24H24ClN3O. The van der Waals surface area contributed by atoms with E-state index in [2.05, 4.69) is 46.3 Å².